The number of nitrogens with zero attached hydrogens (tertiary/aromatic N) is 2. The van der Waals surface area contributed by atoms with Crippen molar-refractivity contribution in [3.8, 4) is 0 Å². The number of anilines is 2. The molecule has 2 amide bonds. The molecule has 0 unspecified atom stereocenters. The van der Waals surface area contributed by atoms with E-state index in [2.05, 4.69) is 25.8 Å². The van der Waals surface area contributed by atoms with Crippen LogP contribution in [0.3, 0.4) is 0 Å². The van der Waals surface area contributed by atoms with E-state index in [-0.39, 0.29) is 24.2 Å². The monoisotopic (exact) mass is 312 g/mol. The summed E-state index contributed by atoms with van der Waals surface area (Å²) in [5.41, 5.74) is 5.81. The van der Waals surface area contributed by atoms with Crippen LogP contribution in [0.15, 0.2) is 0 Å². The van der Waals surface area contributed by atoms with E-state index in [4.69, 9.17) is 5.73 Å². The molecule has 21 heavy (non-hydrogen) atoms. The van der Waals surface area contributed by atoms with Crippen molar-refractivity contribution >= 4 is 34.1 Å². The van der Waals surface area contributed by atoms with E-state index in [0.29, 0.717) is 11.4 Å². The Morgan fingerprint density at radius 1 is 1.38 bits per heavy atom. The number of carbonyl (C=O) groups is 2. The van der Waals surface area contributed by atoms with Gasteiger partial charge in [-0.25, -0.2) is 4.98 Å². The molecule has 1 aromatic heterocycles. The molecule has 0 bridgehead atoms. The van der Waals surface area contributed by atoms with E-state index in [0.717, 1.165) is 31.3 Å². The minimum atomic E-state index is -0.363. The fourth-order valence-corrected chi connectivity index (χ4v) is 2.93. The van der Waals surface area contributed by atoms with Crippen molar-refractivity contribution in [2.45, 2.75) is 6.92 Å². The number of hydrogen-bond donors (Lipinski definition) is 4. The first kappa shape index (κ1) is 15.5. The Kier molecular flexibility index (Phi) is 5.34. The smallest absolute Gasteiger partial charge is 0.265 e. The number of hydrogen-bond acceptors (Lipinski definition) is 7. The Bertz CT molecular complexity index is 512. The van der Waals surface area contributed by atoms with Crippen LogP contribution < -0.4 is 26.6 Å². The fraction of sp³-hybridized carbons (Fsp3) is 0.583. The van der Waals surface area contributed by atoms with Gasteiger partial charge < -0.3 is 26.6 Å². The van der Waals surface area contributed by atoms with Crippen LogP contribution in [0.5, 0.6) is 0 Å². The zero-order chi connectivity index (χ0) is 15.2. The minimum Gasteiger partial charge on any atom is -0.382 e. The molecule has 116 valence electrons. The highest BCUT2D eigenvalue weighted by Crippen LogP contribution is 2.28. The number of thiazole rings is 1. The highest BCUT2D eigenvalue weighted by Gasteiger charge is 2.21. The zero-order valence-electron chi connectivity index (χ0n) is 11.9. The lowest BCUT2D eigenvalue weighted by Gasteiger charge is -2.26. The van der Waals surface area contributed by atoms with E-state index in [1.165, 1.54) is 11.3 Å². The quantitative estimate of drug-likeness (QED) is 0.555. The molecule has 0 atom stereocenters. The summed E-state index contributed by atoms with van der Waals surface area (Å²) in [7, 11) is 0. The molecule has 0 aliphatic carbocycles. The van der Waals surface area contributed by atoms with Gasteiger partial charge in [-0.05, 0) is 6.92 Å². The summed E-state index contributed by atoms with van der Waals surface area (Å²) < 4.78 is 0. The first-order valence-corrected chi connectivity index (χ1v) is 7.70. The normalized spacial score (nSPS) is 14.8. The van der Waals surface area contributed by atoms with Gasteiger partial charge in [0, 0.05) is 32.7 Å². The molecule has 1 aromatic rings. The number of rotatable bonds is 5. The summed E-state index contributed by atoms with van der Waals surface area (Å²) in [5.74, 6) is -0.379. The third-order valence-corrected chi connectivity index (χ3v) is 4.15. The standard InChI is InChI=1S/C12H20N6O2S/c1-2-15-8(19)7-16-11(20)9-10(13)17-12(21-9)18-5-3-14-4-6-18/h14H,2-7,13H2,1H3,(H,15,19)(H,16,20). The van der Waals surface area contributed by atoms with E-state index in [9.17, 15) is 9.59 Å². The second kappa shape index (κ2) is 7.23. The van der Waals surface area contributed by atoms with Crippen molar-refractivity contribution in [2.75, 3.05) is 49.9 Å². The molecule has 5 N–H and O–H groups in total. The molecule has 2 rings (SSSR count). The van der Waals surface area contributed by atoms with E-state index >= 15 is 0 Å². The predicted molar refractivity (Wildman–Crippen MR) is 82.6 cm³/mol. The maximum absolute atomic E-state index is 12.0. The van der Waals surface area contributed by atoms with Gasteiger partial charge in [0.15, 0.2) is 5.13 Å². The topological polar surface area (TPSA) is 112 Å². The van der Waals surface area contributed by atoms with Crippen molar-refractivity contribution in [3.63, 3.8) is 0 Å². The van der Waals surface area contributed by atoms with E-state index < -0.39 is 0 Å². The second-order valence-corrected chi connectivity index (χ2v) is 5.56. The number of nitrogen functional groups attached to an aromatic ring is 1. The van der Waals surface area contributed by atoms with Crippen molar-refractivity contribution in [2.24, 2.45) is 0 Å². The SMILES string of the molecule is CCNC(=O)CNC(=O)c1sc(N2CCNCC2)nc1N. The summed E-state index contributed by atoms with van der Waals surface area (Å²) in [5, 5.41) is 9.16. The third kappa shape index (κ3) is 4.05. The molecule has 1 saturated heterocycles. The largest absolute Gasteiger partial charge is 0.382 e. The molecule has 1 aliphatic heterocycles. The number of carbonyl (C=O) groups excluding carboxylic acids is 2. The average Bonchev–Trinajstić information content (AvgIpc) is 2.88. The van der Waals surface area contributed by atoms with Gasteiger partial charge >= 0.3 is 0 Å². The molecular formula is C12H20N6O2S. The van der Waals surface area contributed by atoms with Gasteiger partial charge in [0.1, 0.15) is 10.7 Å². The van der Waals surface area contributed by atoms with Crippen LogP contribution in [-0.2, 0) is 4.79 Å². The molecule has 0 saturated carbocycles. The molecule has 0 spiro atoms. The van der Waals surface area contributed by atoms with Gasteiger partial charge in [-0.1, -0.05) is 11.3 Å². The molecule has 8 nitrogen and oxygen atoms in total. The summed E-state index contributed by atoms with van der Waals surface area (Å²) in [6.45, 7) is 5.74. The lowest BCUT2D eigenvalue weighted by atomic mass is 10.4. The Morgan fingerprint density at radius 2 is 2.10 bits per heavy atom. The predicted octanol–water partition coefficient (Wildman–Crippen LogP) is -0.999. The third-order valence-electron chi connectivity index (χ3n) is 3.02. The Labute approximate surface area is 127 Å². The van der Waals surface area contributed by atoms with Crippen LogP contribution in [0.2, 0.25) is 0 Å². The van der Waals surface area contributed by atoms with Crippen molar-refractivity contribution in [1.29, 1.82) is 0 Å². The van der Waals surface area contributed by atoms with E-state index in [1.54, 1.807) is 0 Å². The van der Waals surface area contributed by atoms with Crippen LogP contribution in [-0.4, -0.2) is 56.1 Å². The maximum atomic E-state index is 12.0. The van der Waals surface area contributed by atoms with Gasteiger partial charge in [0.2, 0.25) is 5.91 Å². The highest BCUT2D eigenvalue weighted by molar-refractivity contribution is 7.18. The maximum Gasteiger partial charge on any atom is 0.265 e. The zero-order valence-corrected chi connectivity index (χ0v) is 12.8. The Hall–Kier alpha value is -1.87. The summed E-state index contributed by atoms with van der Waals surface area (Å²) in [4.78, 5) is 30.1. The molecule has 0 radical (unpaired) electrons. The number of aromatic nitrogens is 1. The molecule has 0 aromatic carbocycles. The molecule has 1 aliphatic rings. The minimum absolute atomic E-state index is 0.0625. The van der Waals surface area contributed by atoms with Crippen molar-refractivity contribution < 1.29 is 9.59 Å². The number of amides is 2. The van der Waals surface area contributed by atoms with Crippen LogP contribution in [0.4, 0.5) is 10.9 Å². The van der Waals surface area contributed by atoms with Gasteiger partial charge in [-0.15, -0.1) is 0 Å². The first-order chi connectivity index (χ1) is 10.1. The lowest BCUT2D eigenvalue weighted by molar-refractivity contribution is -0.120. The van der Waals surface area contributed by atoms with E-state index in [1.807, 2.05) is 6.92 Å². The summed E-state index contributed by atoms with van der Waals surface area (Å²) >= 11 is 1.26. The molecular weight excluding hydrogens is 292 g/mol. The van der Waals surface area contributed by atoms with Crippen LogP contribution >= 0.6 is 11.3 Å². The Balaban J connectivity index is 1.97. The number of piperazine rings is 1. The molecule has 1 fully saturated rings. The number of likely N-dealkylation sites (N-methyl/N-ethyl adjacent to an activating group) is 1. The average molecular weight is 312 g/mol. The van der Waals surface area contributed by atoms with Gasteiger partial charge in [0.05, 0.1) is 6.54 Å². The van der Waals surface area contributed by atoms with Gasteiger partial charge in [-0.2, -0.15) is 0 Å². The molecule has 9 heteroatoms. The van der Waals surface area contributed by atoms with Crippen molar-refractivity contribution in [1.82, 2.24) is 20.9 Å². The first-order valence-electron chi connectivity index (χ1n) is 6.88. The Morgan fingerprint density at radius 3 is 2.76 bits per heavy atom. The number of nitrogens with two attached hydrogens (primary N) is 1. The van der Waals surface area contributed by atoms with Crippen molar-refractivity contribution in [3.05, 3.63) is 4.88 Å². The molecule has 2 heterocycles. The van der Waals surface area contributed by atoms with Crippen LogP contribution in [0, 0.1) is 0 Å². The van der Waals surface area contributed by atoms with Gasteiger partial charge in [-0.3, -0.25) is 9.59 Å². The van der Waals surface area contributed by atoms with Crippen LogP contribution in [0.25, 0.3) is 0 Å². The summed E-state index contributed by atoms with van der Waals surface area (Å²) in [6, 6.07) is 0. The van der Waals surface area contributed by atoms with Crippen LogP contribution in [0.1, 0.15) is 16.6 Å². The lowest BCUT2D eigenvalue weighted by Crippen LogP contribution is -2.43. The highest BCUT2D eigenvalue weighted by atomic mass is 32.1. The second-order valence-electron chi connectivity index (χ2n) is 4.58. The van der Waals surface area contributed by atoms with Gasteiger partial charge in [0.25, 0.3) is 5.91 Å². The summed E-state index contributed by atoms with van der Waals surface area (Å²) in [6.07, 6.45) is 0. The fourth-order valence-electron chi connectivity index (χ4n) is 1.97. The number of nitrogens with one attached hydrogen (secondary N) is 3.